The second-order valence-electron chi connectivity index (χ2n) is 5.17. The monoisotopic (exact) mass is 288 g/mol. The molecule has 6 nitrogen and oxygen atoms in total. The summed E-state index contributed by atoms with van der Waals surface area (Å²) in [7, 11) is 1.72. The van der Waals surface area contributed by atoms with Crippen molar-refractivity contribution in [2.45, 2.75) is 32.9 Å². The lowest BCUT2D eigenvalue weighted by Crippen LogP contribution is -2.42. The van der Waals surface area contributed by atoms with Crippen molar-refractivity contribution >= 4 is 6.03 Å². The second kappa shape index (κ2) is 6.88. The van der Waals surface area contributed by atoms with Crippen LogP contribution >= 0.6 is 0 Å². The molecule has 2 amide bonds. The van der Waals surface area contributed by atoms with Crippen molar-refractivity contribution in [3.8, 4) is 0 Å². The summed E-state index contributed by atoms with van der Waals surface area (Å²) in [5.41, 5.74) is 2.68. The van der Waals surface area contributed by atoms with Gasteiger partial charge in [-0.05, 0) is 26.0 Å². The predicted octanol–water partition coefficient (Wildman–Crippen LogP) is 2.15. The van der Waals surface area contributed by atoms with E-state index in [-0.39, 0.29) is 12.1 Å². The molecular weight excluding hydrogens is 268 g/mol. The molecule has 0 aliphatic carbocycles. The van der Waals surface area contributed by atoms with Crippen LogP contribution in [-0.2, 0) is 13.0 Å². The van der Waals surface area contributed by atoms with Crippen LogP contribution in [0.1, 0.15) is 24.0 Å². The molecule has 2 rings (SSSR count). The van der Waals surface area contributed by atoms with Gasteiger partial charge < -0.3 is 14.7 Å². The zero-order valence-corrected chi connectivity index (χ0v) is 12.5. The Morgan fingerprint density at radius 1 is 1.38 bits per heavy atom. The molecule has 0 unspecified atom stereocenters. The van der Waals surface area contributed by atoms with Crippen molar-refractivity contribution in [2.24, 2.45) is 0 Å². The van der Waals surface area contributed by atoms with Crippen LogP contribution < -0.4 is 5.32 Å². The first-order chi connectivity index (χ1) is 10.0. The number of nitrogens with zero attached hydrogens (tertiary/aromatic N) is 3. The maximum absolute atomic E-state index is 12.1. The largest absolute Gasteiger partial charge is 0.364 e. The van der Waals surface area contributed by atoms with Crippen molar-refractivity contribution in [2.75, 3.05) is 7.05 Å². The van der Waals surface area contributed by atoms with E-state index in [9.17, 15) is 4.79 Å². The van der Waals surface area contributed by atoms with E-state index in [1.165, 1.54) is 6.26 Å². The van der Waals surface area contributed by atoms with Crippen LogP contribution in [-0.4, -0.2) is 34.2 Å². The Kier molecular flexibility index (Phi) is 4.92. The highest BCUT2D eigenvalue weighted by molar-refractivity contribution is 5.74. The minimum Gasteiger partial charge on any atom is -0.364 e. The van der Waals surface area contributed by atoms with Gasteiger partial charge in [-0.15, -0.1) is 0 Å². The molecule has 0 bridgehead atoms. The van der Waals surface area contributed by atoms with Crippen LogP contribution in [0.5, 0.6) is 0 Å². The van der Waals surface area contributed by atoms with E-state index in [1.807, 2.05) is 32.0 Å². The summed E-state index contributed by atoms with van der Waals surface area (Å²) in [6.07, 6.45) is 2.19. The number of rotatable bonds is 5. The Bertz CT molecular complexity index is 583. The van der Waals surface area contributed by atoms with Gasteiger partial charge >= 0.3 is 6.03 Å². The Balaban J connectivity index is 1.84. The number of amides is 2. The highest BCUT2D eigenvalue weighted by atomic mass is 16.5. The van der Waals surface area contributed by atoms with Crippen molar-refractivity contribution in [3.05, 3.63) is 47.6 Å². The molecular formula is C15H20N4O2. The normalized spacial score (nSPS) is 12.0. The van der Waals surface area contributed by atoms with Crippen LogP contribution in [0, 0.1) is 6.92 Å². The van der Waals surface area contributed by atoms with Crippen LogP contribution in [0.15, 0.2) is 35.1 Å². The number of carbonyl (C=O) groups excluding carboxylic acids is 1. The number of carbonyl (C=O) groups is 1. The summed E-state index contributed by atoms with van der Waals surface area (Å²) >= 11 is 0. The average molecular weight is 288 g/mol. The number of nitrogens with one attached hydrogen (secondary N) is 1. The predicted molar refractivity (Wildman–Crippen MR) is 78.6 cm³/mol. The quantitative estimate of drug-likeness (QED) is 0.915. The first kappa shape index (κ1) is 15.0. The smallest absolute Gasteiger partial charge is 0.317 e. The molecule has 1 atom stereocenters. The lowest BCUT2D eigenvalue weighted by Gasteiger charge is -2.20. The third-order valence-electron chi connectivity index (χ3n) is 3.07. The Morgan fingerprint density at radius 2 is 2.19 bits per heavy atom. The van der Waals surface area contributed by atoms with E-state index in [0.29, 0.717) is 13.0 Å². The highest BCUT2D eigenvalue weighted by Crippen LogP contribution is 2.04. The van der Waals surface area contributed by atoms with Gasteiger partial charge in [-0.1, -0.05) is 11.2 Å². The topological polar surface area (TPSA) is 71.3 Å². The highest BCUT2D eigenvalue weighted by Gasteiger charge is 2.14. The molecule has 0 saturated carbocycles. The van der Waals surface area contributed by atoms with Gasteiger partial charge in [-0.25, -0.2) is 4.79 Å². The van der Waals surface area contributed by atoms with Gasteiger partial charge in [0.05, 0.1) is 6.54 Å². The van der Waals surface area contributed by atoms with E-state index in [1.54, 1.807) is 18.0 Å². The van der Waals surface area contributed by atoms with Crippen LogP contribution in [0.25, 0.3) is 0 Å². The van der Waals surface area contributed by atoms with E-state index in [4.69, 9.17) is 4.52 Å². The number of aryl methyl sites for hydroxylation is 1. The van der Waals surface area contributed by atoms with Crippen molar-refractivity contribution < 1.29 is 9.32 Å². The zero-order valence-electron chi connectivity index (χ0n) is 12.5. The van der Waals surface area contributed by atoms with Crippen LogP contribution in [0.3, 0.4) is 0 Å². The summed E-state index contributed by atoms with van der Waals surface area (Å²) in [5.74, 6) is 0. The maximum Gasteiger partial charge on any atom is 0.317 e. The fraction of sp³-hybridized carbons (Fsp3) is 0.400. The fourth-order valence-electron chi connectivity index (χ4n) is 2.03. The minimum atomic E-state index is -0.141. The lowest BCUT2D eigenvalue weighted by molar-refractivity contribution is 0.202. The van der Waals surface area contributed by atoms with E-state index in [0.717, 1.165) is 17.1 Å². The summed E-state index contributed by atoms with van der Waals surface area (Å²) in [6.45, 7) is 4.34. The van der Waals surface area contributed by atoms with Gasteiger partial charge in [0.15, 0.2) is 0 Å². The molecule has 0 aromatic carbocycles. The van der Waals surface area contributed by atoms with Crippen LogP contribution in [0.2, 0.25) is 0 Å². The summed E-state index contributed by atoms with van der Waals surface area (Å²) in [4.78, 5) is 18.1. The zero-order chi connectivity index (χ0) is 15.2. The molecule has 2 aromatic rings. The maximum atomic E-state index is 12.1. The first-order valence-corrected chi connectivity index (χ1v) is 6.88. The van der Waals surface area contributed by atoms with Crippen molar-refractivity contribution in [1.82, 2.24) is 20.4 Å². The van der Waals surface area contributed by atoms with E-state index < -0.39 is 0 Å². The molecule has 0 spiro atoms. The third kappa shape index (κ3) is 4.59. The van der Waals surface area contributed by atoms with Gasteiger partial charge in [0.25, 0.3) is 0 Å². The molecule has 0 fully saturated rings. The van der Waals surface area contributed by atoms with Gasteiger partial charge in [-0.3, -0.25) is 4.98 Å². The standard InChI is InChI=1S/C15H20N4O2/c1-11-5-4-6-13(16-11)9-12(2)17-15(20)19(3)10-14-7-8-21-18-14/h4-8,12H,9-10H2,1-3H3,(H,17,20)/t12-/m0/s1. The molecule has 2 aromatic heterocycles. The van der Waals surface area contributed by atoms with E-state index >= 15 is 0 Å². The third-order valence-corrected chi connectivity index (χ3v) is 3.07. The molecule has 0 aliphatic rings. The Hall–Kier alpha value is -2.37. The van der Waals surface area contributed by atoms with Gasteiger partial charge in [-0.2, -0.15) is 0 Å². The number of hydrogen-bond donors (Lipinski definition) is 1. The van der Waals surface area contributed by atoms with Gasteiger partial charge in [0, 0.05) is 37.0 Å². The van der Waals surface area contributed by atoms with Crippen molar-refractivity contribution in [3.63, 3.8) is 0 Å². The lowest BCUT2D eigenvalue weighted by atomic mass is 10.1. The molecule has 6 heteroatoms. The number of urea groups is 1. The Labute approximate surface area is 124 Å². The summed E-state index contributed by atoms with van der Waals surface area (Å²) in [5, 5.41) is 6.74. The fourth-order valence-corrected chi connectivity index (χ4v) is 2.03. The minimum absolute atomic E-state index is 0.00607. The molecule has 2 heterocycles. The van der Waals surface area contributed by atoms with Gasteiger partial charge in [0.1, 0.15) is 12.0 Å². The molecule has 0 aliphatic heterocycles. The molecule has 21 heavy (non-hydrogen) atoms. The SMILES string of the molecule is Cc1cccc(C[C@H](C)NC(=O)N(C)Cc2ccon2)n1. The molecule has 1 N–H and O–H groups in total. The van der Waals surface area contributed by atoms with Crippen molar-refractivity contribution in [1.29, 1.82) is 0 Å². The number of aromatic nitrogens is 2. The number of pyridine rings is 1. The second-order valence-corrected chi connectivity index (χ2v) is 5.17. The van der Waals surface area contributed by atoms with Crippen LogP contribution in [0.4, 0.5) is 4.79 Å². The molecule has 0 radical (unpaired) electrons. The number of hydrogen-bond acceptors (Lipinski definition) is 4. The average Bonchev–Trinajstić information content (AvgIpc) is 2.91. The first-order valence-electron chi connectivity index (χ1n) is 6.88. The summed E-state index contributed by atoms with van der Waals surface area (Å²) in [6, 6.07) is 7.50. The molecule has 112 valence electrons. The summed E-state index contributed by atoms with van der Waals surface area (Å²) < 4.78 is 4.75. The Morgan fingerprint density at radius 3 is 2.86 bits per heavy atom. The molecule has 0 saturated heterocycles. The van der Waals surface area contributed by atoms with Gasteiger partial charge in [0.2, 0.25) is 0 Å². The van der Waals surface area contributed by atoms with E-state index in [2.05, 4.69) is 15.5 Å².